The highest BCUT2D eigenvalue weighted by molar-refractivity contribution is 6.00. The smallest absolute Gasteiger partial charge is 0.387 e. The van der Waals surface area contributed by atoms with Gasteiger partial charge in [0.1, 0.15) is 5.69 Å². The largest absolute Gasteiger partial charge is 0.433 e. The zero-order valence-corrected chi connectivity index (χ0v) is 16.5. The van der Waals surface area contributed by atoms with Crippen LogP contribution in [0.3, 0.4) is 0 Å². The standard InChI is InChI=1S/C18H18F4N6O3/c1-8(29)11-4-10(5-13(25-11)18(20,21)22)24-17(30)26-12-7-23-15-6-14(19)27-28(15)16(12)9(2)31-3/h4-9,29H,1-3H3,(H2,24,25,26,30). The minimum atomic E-state index is -4.78. The molecule has 3 aromatic heterocycles. The number of aliphatic hydroxyl groups is 1. The average Bonchev–Trinajstić information content (AvgIpc) is 3.06. The minimum Gasteiger partial charge on any atom is -0.387 e. The van der Waals surface area contributed by atoms with Crippen molar-refractivity contribution in [3.05, 3.63) is 47.4 Å². The average molecular weight is 442 g/mol. The lowest BCUT2D eigenvalue weighted by Crippen LogP contribution is -2.23. The number of hydrogen-bond acceptors (Lipinski definition) is 6. The molecule has 0 fully saturated rings. The summed E-state index contributed by atoms with van der Waals surface area (Å²) in [4.78, 5) is 19.8. The Morgan fingerprint density at radius 1 is 1.23 bits per heavy atom. The molecule has 3 N–H and O–H groups in total. The zero-order chi connectivity index (χ0) is 22.9. The third kappa shape index (κ3) is 4.88. The fourth-order valence-electron chi connectivity index (χ4n) is 2.79. The summed E-state index contributed by atoms with van der Waals surface area (Å²) in [5.41, 5.74) is -1.24. The second-order valence-electron chi connectivity index (χ2n) is 6.59. The van der Waals surface area contributed by atoms with Gasteiger partial charge in [-0.15, -0.1) is 5.10 Å². The molecule has 0 saturated heterocycles. The highest BCUT2D eigenvalue weighted by atomic mass is 19.4. The summed E-state index contributed by atoms with van der Waals surface area (Å²) in [6, 6.07) is 1.93. The number of aromatic nitrogens is 4. The van der Waals surface area contributed by atoms with Crippen LogP contribution in [0.1, 0.15) is 43.1 Å². The number of methoxy groups -OCH3 is 1. The van der Waals surface area contributed by atoms with Crippen molar-refractivity contribution in [2.24, 2.45) is 0 Å². The molecule has 3 aromatic rings. The van der Waals surface area contributed by atoms with Crippen molar-refractivity contribution in [3.8, 4) is 0 Å². The molecule has 9 nitrogen and oxygen atoms in total. The van der Waals surface area contributed by atoms with Crippen LogP contribution >= 0.6 is 0 Å². The molecule has 0 radical (unpaired) electrons. The van der Waals surface area contributed by atoms with Crippen LogP contribution in [0.25, 0.3) is 5.65 Å². The molecular formula is C18H18F4N6O3. The number of nitrogens with zero attached hydrogens (tertiary/aromatic N) is 4. The van der Waals surface area contributed by atoms with Gasteiger partial charge >= 0.3 is 12.2 Å². The Morgan fingerprint density at radius 2 is 1.94 bits per heavy atom. The molecule has 0 aliphatic rings. The van der Waals surface area contributed by atoms with Gasteiger partial charge in [-0.05, 0) is 26.0 Å². The molecule has 0 saturated carbocycles. The SMILES string of the molecule is COC(C)c1c(NC(=O)Nc2cc(C(C)O)nc(C(F)(F)F)c2)cnc2cc(F)nn12. The van der Waals surface area contributed by atoms with Crippen LogP contribution in [0.4, 0.5) is 33.7 Å². The van der Waals surface area contributed by atoms with E-state index in [1.165, 1.54) is 20.2 Å². The molecule has 13 heteroatoms. The lowest BCUT2D eigenvalue weighted by Gasteiger charge is -2.17. The number of anilines is 2. The van der Waals surface area contributed by atoms with E-state index in [1.54, 1.807) is 6.92 Å². The Hall–Kier alpha value is -3.32. The first-order chi connectivity index (χ1) is 14.5. The maximum atomic E-state index is 13.6. The van der Waals surface area contributed by atoms with Gasteiger partial charge in [-0.25, -0.2) is 19.3 Å². The van der Waals surface area contributed by atoms with Crippen LogP contribution in [0.5, 0.6) is 0 Å². The summed E-state index contributed by atoms with van der Waals surface area (Å²) in [6.07, 6.45) is -5.46. The molecule has 0 spiro atoms. The predicted octanol–water partition coefficient (Wildman–Crippen LogP) is 3.69. The normalized spacial score (nSPS) is 13.8. The van der Waals surface area contributed by atoms with E-state index in [1.807, 2.05) is 0 Å². The van der Waals surface area contributed by atoms with E-state index in [0.717, 1.165) is 16.6 Å². The summed E-state index contributed by atoms with van der Waals surface area (Å²) >= 11 is 0. The number of rotatable bonds is 5. The van der Waals surface area contributed by atoms with E-state index >= 15 is 0 Å². The lowest BCUT2D eigenvalue weighted by atomic mass is 10.2. The Morgan fingerprint density at radius 3 is 2.55 bits per heavy atom. The maximum absolute atomic E-state index is 13.6. The van der Waals surface area contributed by atoms with E-state index in [4.69, 9.17) is 4.74 Å². The number of carbonyl (C=O) groups is 1. The third-order valence-electron chi connectivity index (χ3n) is 4.30. The highest BCUT2D eigenvalue weighted by Crippen LogP contribution is 2.31. The van der Waals surface area contributed by atoms with E-state index in [2.05, 4.69) is 25.7 Å². The zero-order valence-electron chi connectivity index (χ0n) is 16.5. The van der Waals surface area contributed by atoms with Gasteiger partial charge in [-0.2, -0.15) is 17.6 Å². The number of urea groups is 1. The fourth-order valence-corrected chi connectivity index (χ4v) is 2.79. The van der Waals surface area contributed by atoms with Crippen LogP contribution in [0.2, 0.25) is 0 Å². The lowest BCUT2D eigenvalue weighted by molar-refractivity contribution is -0.141. The molecule has 166 valence electrons. The molecule has 0 aromatic carbocycles. The topological polar surface area (TPSA) is 114 Å². The van der Waals surface area contributed by atoms with E-state index < -0.39 is 36.1 Å². The summed E-state index contributed by atoms with van der Waals surface area (Å²) in [7, 11) is 1.40. The van der Waals surface area contributed by atoms with Crippen molar-refractivity contribution >= 4 is 23.1 Å². The minimum absolute atomic E-state index is 0.100. The molecule has 0 aliphatic carbocycles. The summed E-state index contributed by atoms with van der Waals surface area (Å²) in [5, 5.41) is 18.0. The van der Waals surface area contributed by atoms with Crippen molar-refractivity contribution in [3.63, 3.8) is 0 Å². The van der Waals surface area contributed by atoms with Gasteiger partial charge in [0.25, 0.3) is 0 Å². The number of pyridine rings is 1. The van der Waals surface area contributed by atoms with Crippen LogP contribution in [0, 0.1) is 5.95 Å². The number of amides is 2. The molecule has 3 heterocycles. The second kappa shape index (κ2) is 8.43. The Bertz CT molecular complexity index is 1120. The number of ether oxygens (including phenoxy) is 1. The second-order valence-corrected chi connectivity index (χ2v) is 6.59. The number of carbonyl (C=O) groups excluding carboxylic acids is 1. The summed E-state index contributed by atoms with van der Waals surface area (Å²) in [5.74, 6) is -0.791. The quantitative estimate of drug-likeness (QED) is 0.520. The number of fused-ring (bicyclic) bond motifs is 1. The Labute approximate surface area is 173 Å². The number of aliphatic hydroxyl groups excluding tert-OH is 1. The molecule has 0 bridgehead atoms. The molecule has 2 atom stereocenters. The van der Waals surface area contributed by atoms with Crippen molar-refractivity contribution in [1.82, 2.24) is 19.6 Å². The van der Waals surface area contributed by atoms with Gasteiger partial charge < -0.3 is 20.5 Å². The van der Waals surface area contributed by atoms with Gasteiger partial charge in [0, 0.05) is 18.9 Å². The van der Waals surface area contributed by atoms with Crippen LogP contribution < -0.4 is 10.6 Å². The first-order valence-electron chi connectivity index (χ1n) is 8.91. The van der Waals surface area contributed by atoms with Crippen molar-refractivity contribution in [2.45, 2.75) is 32.2 Å². The van der Waals surface area contributed by atoms with Gasteiger partial charge in [-0.1, -0.05) is 0 Å². The van der Waals surface area contributed by atoms with Gasteiger partial charge in [0.15, 0.2) is 5.65 Å². The van der Waals surface area contributed by atoms with Gasteiger partial charge in [0.05, 0.1) is 35.5 Å². The van der Waals surface area contributed by atoms with Crippen LogP contribution in [0.15, 0.2) is 24.4 Å². The molecule has 3 rings (SSSR count). The first-order valence-corrected chi connectivity index (χ1v) is 8.91. The maximum Gasteiger partial charge on any atom is 0.433 e. The van der Waals surface area contributed by atoms with E-state index in [-0.39, 0.29) is 28.4 Å². The summed E-state index contributed by atoms with van der Waals surface area (Å²) < 4.78 is 59.2. The van der Waals surface area contributed by atoms with Crippen molar-refractivity contribution < 1.29 is 32.2 Å². The number of alkyl halides is 3. The molecule has 2 amide bonds. The molecular weight excluding hydrogens is 424 g/mol. The highest BCUT2D eigenvalue weighted by Gasteiger charge is 2.33. The van der Waals surface area contributed by atoms with Gasteiger partial charge in [-0.3, -0.25) is 0 Å². The van der Waals surface area contributed by atoms with E-state index in [9.17, 15) is 27.5 Å². The monoisotopic (exact) mass is 442 g/mol. The van der Waals surface area contributed by atoms with Crippen LogP contribution in [-0.4, -0.2) is 37.8 Å². The predicted molar refractivity (Wildman–Crippen MR) is 101 cm³/mol. The number of nitrogens with one attached hydrogen (secondary N) is 2. The number of halogens is 4. The molecule has 0 aliphatic heterocycles. The van der Waals surface area contributed by atoms with Crippen LogP contribution in [-0.2, 0) is 10.9 Å². The fraction of sp³-hybridized carbons (Fsp3) is 0.333. The number of hydrogen-bond donors (Lipinski definition) is 3. The van der Waals surface area contributed by atoms with Crippen molar-refractivity contribution in [1.29, 1.82) is 0 Å². The van der Waals surface area contributed by atoms with Gasteiger partial charge in [0.2, 0.25) is 5.95 Å². The Balaban J connectivity index is 1.92. The third-order valence-corrected chi connectivity index (χ3v) is 4.30. The van der Waals surface area contributed by atoms with E-state index in [0.29, 0.717) is 6.07 Å². The first kappa shape index (κ1) is 22.4. The molecule has 2 unspecified atom stereocenters. The molecule has 31 heavy (non-hydrogen) atoms. The van der Waals surface area contributed by atoms with Crippen molar-refractivity contribution in [2.75, 3.05) is 17.7 Å². The Kier molecular flexibility index (Phi) is 6.08. The summed E-state index contributed by atoms with van der Waals surface area (Å²) in [6.45, 7) is 2.87.